The number of carbonyl (C=O) groups is 1. The van der Waals surface area contributed by atoms with Gasteiger partial charge in [0.15, 0.2) is 11.3 Å². The number of fused-ring (bicyclic) bond motifs is 1. The Hall–Kier alpha value is -1.37. The van der Waals surface area contributed by atoms with E-state index in [4.69, 9.17) is 5.73 Å². The average molecular weight is 318 g/mol. The van der Waals surface area contributed by atoms with Crippen molar-refractivity contribution in [2.24, 2.45) is 11.7 Å². The van der Waals surface area contributed by atoms with Gasteiger partial charge in [-0.05, 0) is 18.8 Å². The Bertz CT molecular complexity index is 584. The highest BCUT2D eigenvalue weighted by Gasteiger charge is 2.28. The second-order valence-corrected chi connectivity index (χ2v) is 4.65. The third-order valence-electron chi connectivity index (χ3n) is 3.25. The predicted octanol–water partition coefficient (Wildman–Crippen LogP) is 1.04. The van der Waals surface area contributed by atoms with Gasteiger partial charge in [-0.1, -0.05) is 0 Å². The summed E-state index contributed by atoms with van der Waals surface area (Å²) in [4.78, 5) is 20.2. The molecule has 8 heteroatoms. The van der Waals surface area contributed by atoms with Crippen LogP contribution in [0.2, 0.25) is 0 Å². The average Bonchev–Trinajstić information content (AvgIpc) is 3.12. The number of rotatable bonds is 4. The number of aromatic nitrogens is 3. The van der Waals surface area contributed by atoms with E-state index in [2.05, 4.69) is 15.3 Å². The Kier molecular flexibility index (Phi) is 5.74. The SMILES string of the molecule is Cl.Cl.NC(CNC(=O)c1nccn2ccnc12)C1CC1. The number of imidazole rings is 1. The molecule has 0 spiro atoms. The van der Waals surface area contributed by atoms with Crippen LogP contribution in [-0.4, -0.2) is 32.9 Å². The summed E-state index contributed by atoms with van der Waals surface area (Å²) in [6.45, 7) is 0.493. The number of nitrogens with zero attached hydrogens (tertiary/aromatic N) is 3. The van der Waals surface area contributed by atoms with E-state index in [1.807, 2.05) is 0 Å². The summed E-state index contributed by atoms with van der Waals surface area (Å²) in [5.74, 6) is 0.350. The van der Waals surface area contributed by atoms with Gasteiger partial charge in [0.05, 0.1) is 0 Å². The van der Waals surface area contributed by atoms with Crippen molar-refractivity contribution in [3.63, 3.8) is 0 Å². The molecule has 2 aromatic heterocycles. The minimum absolute atomic E-state index is 0. The summed E-state index contributed by atoms with van der Waals surface area (Å²) >= 11 is 0. The first-order valence-corrected chi connectivity index (χ1v) is 6.07. The predicted molar refractivity (Wildman–Crippen MR) is 80.5 cm³/mol. The summed E-state index contributed by atoms with van der Waals surface area (Å²) in [6, 6.07) is 0.0495. The van der Waals surface area contributed by atoms with Gasteiger partial charge in [-0.2, -0.15) is 0 Å². The molecule has 3 N–H and O–H groups in total. The number of nitrogens with one attached hydrogen (secondary N) is 1. The Labute approximate surface area is 129 Å². The molecule has 6 nitrogen and oxygen atoms in total. The molecule has 20 heavy (non-hydrogen) atoms. The number of halogens is 2. The highest BCUT2D eigenvalue weighted by molar-refractivity contribution is 5.97. The summed E-state index contributed by atoms with van der Waals surface area (Å²) < 4.78 is 1.77. The van der Waals surface area contributed by atoms with E-state index in [0.717, 1.165) is 0 Å². The van der Waals surface area contributed by atoms with Gasteiger partial charge >= 0.3 is 0 Å². The fraction of sp³-hybridized carbons (Fsp3) is 0.417. The van der Waals surface area contributed by atoms with E-state index in [0.29, 0.717) is 23.8 Å². The van der Waals surface area contributed by atoms with Gasteiger partial charge in [0.25, 0.3) is 5.91 Å². The van der Waals surface area contributed by atoms with Crippen molar-refractivity contribution in [1.29, 1.82) is 0 Å². The molecule has 0 bridgehead atoms. The van der Waals surface area contributed by atoms with Gasteiger partial charge in [0.2, 0.25) is 0 Å². The fourth-order valence-electron chi connectivity index (χ4n) is 2.00. The minimum Gasteiger partial charge on any atom is -0.349 e. The highest BCUT2D eigenvalue weighted by atomic mass is 35.5. The van der Waals surface area contributed by atoms with E-state index in [1.165, 1.54) is 12.8 Å². The minimum atomic E-state index is -0.220. The Morgan fingerprint density at radius 1 is 1.35 bits per heavy atom. The topological polar surface area (TPSA) is 85.3 Å². The monoisotopic (exact) mass is 317 g/mol. The van der Waals surface area contributed by atoms with Crippen molar-refractivity contribution in [2.45, 2.75) is 18.9 Å². The first-order chi connectivity index (χ1) is 8.75. The van der Waals surface area contributed by atoms with Gasteiger partial charge in [-0.25, -0.2) is 9.97 Å². The van der Waals surface area contributed by atoms with Crippen LogP contribution in [-0.2, 0) is 0 Å². The molecule has 1 amide bonds. The lowest BCUT2D eigenvalue weighted by atomic mass is 10.2. The van der Waals surface area contributed by atoms with Crippen molar-refractivity contribution in [2.75, 3.05) is 6.54 Å². The van der Waals surface area contributed by atoms with Crippen LogP contribution < -0.4 is 11.1 Å². The molecule has 1 aliphatic rings. The Balaban J connectivity index is 0.000001000. The van der Waals surface area contributed by atoms with Crippen LogP contribution in [0.3, 0.4) is 0 Å². The number of hydrogen-bond donors (Lipinski definition) is 2. The third kappa shape index (κ3) is 3.39. The highest BCUT2D eigenvalue weighted by Crippen LogP contribution is 2.31. The largest absolute Gasteiger partial charge is 0.349 e. The first kappa shape index (κ1) is 16.7. The number of amides is 1. The van der Waals surface area contributed by atoms with Crippen molar-refractivity contribution in [3.8, 4) is 0 Å². The lowest BCUT2D eigenvalue weighted by Crippen LogP contribution is -2.39. The molecule has 0 radical (unpaired) electrons. The quantitative estimate of drug-likeness (QED) is 0.882. The Morgan fingerprint density at radius 3 is 2.65 bits per heavy atom. The van der Waals surface area contributed by atoms with Gasteiger partial charge in [-0.15, -0.1) is 24.8 Å². The first-order valence-electron chi connectivity index (χ1n) is 6.07. The smallest absolute Gasteiger partial charge is 0.273 e. The van der Waals surface area contributed by atoms with Crippen LogP contribution in [0.4, 0.5) is 0 Å². The number of carbonyl (C=O) groups excluding carboxylic acids is 1. The number of hydrogen-bond acceptors (Lipinski definition) is 4. The molecule has 1 atom stereocenters. The van der Waals surface area contributed by atoms with Crippen molar-refractivity contribution < 1.29 is 4.79 Å². The van der Waals surface area contributed by atoms with Crippen molar-refractivity contribution in [3.05, 3.63) is 30.5 Å². The van der Waals surface area contributed by atoms with Crippen molar-refractivity contribution >= 4 is 36.4 Å². The molecule has 1 unspecified atom stereocenters. The molecule has 0 aromatic carbocycles. The second kappa shape index (κ2) is 6.88. The fourth-order valence-corrected chi connectivity index (χ4v) is 2.00. The maximum Gasteiger partial charge on any atom is 0.273 e. The molecule has 3 rings (SSSR count). The summed E-state index contributed by atoms with van der Waals surface area (Å²) in [6.07, 6.45) is 9.11. The summed E-state index contributed by atoms with van der Waals surface area (Å²) in [5.41, 5.74) is 6.85. The van der Waals surface area contributed by atoms with Crippen LogP contribution in [0.15, 0.2) is 24.8 Å². The normalized spacial score (nSPS) is 15.1. The Morgan fingerprint density at radius 2 is 2.00 bits per heavy atom. The van der Waals surface area contributed by atoms with E-state index in [9.17, 15) is 4.79 Å². The van der Waals surface area contributed by atoms with E-state index in [1.54, 1.807) is 29.2 Å². The zero-order valence-electron chi connectivity index (χ0n) is 10.7. The number of nitrogens with two attached hydrogens (primary N) is 1. The molecule has 1 aliphatic carbocycles. The molecule has 1 fully saturated rings. The third-order valence-corrected chi connectivity index (χ3v) is 3.25. The molecular formula is C12H17Cl2N5O. The molecular weight excluding hydrogens is 301 g/mol. The summed E-state index contributed by atoms with van der Waals surface area (Å²) in [7, 11) is 0. The van der Waals surface area contributed by atoms with Gasteiger partial charge < -0.3 is 15.5 Å². The van der Waals surface area contributed by atoms with Crippen LogP contribution in [0, 0.1) is 5.92 Å². The van der Waals surface area contributed by atoms with E-state index < -0.39 is 0 Å². The van der Waals surface area contributed by atoms with Crippen molar-refractivity contribution in [1.82, 2.24) is 19.7 Å². The summed E-state index contributed by atoms with van der Waals surface area (Å²) in [5, 5.41) is 2.82. The maximum atomic E-state index is 12.0. The van der Waals surface area contributed by atoms with Crippen LogP contribution in [0.25, 0.3) is 5.65 Å². The maximum absolute atomic E-state index is 12.0. The molecule has 0 aliphatic heterocycles. The lowest BCUT2D eigenvalue weighted by molar-refractivity contribution is 0.0946. The molecule has 2 heterocycles. The van der Waals surface area contributed by atoms with Gasteiger partial charge in [0, 0.05) is 37.4 Å². The molecule has 1 saturated carbocycles. The van der Waals surface area contributed by atoms with E-state index in [-0.39, 0.29) is 36.8 Å². The van der Waals surface area contributed by atoms with Crippen LogP contribution >= 0.6 is 24.8 Å². The lowest BCUT2D eigenvalue weighted by Gasteiger charge is -2.11. The van der Waals surface area contributed by atoms with Crippen LogP contribution in [0.5, 0.6) is 0 Å². The zero-order chi connectivity index (χ0) is 12.5. The van der Waals surface area contributed by atoms with Gasteiger partial charge in [-0.3, -0.25) is 4.79 Å². The van der Waals surface area contributed by atoms with Crippen LogP contribution in [0.1, 0.15) is 23.3 Å². The molecule has 2 aromatic rings. The second-order valence-electron chi connectivity index (χ2n) is 4.65. The molecule has 0 saturated heterocycles. The van der Waals surface area contributed by atoms with Gasteiger partial charge in [0.1, 0.15) is 0 Å². The molecule has 110 valence electrons. The van der Waals surface area contributed by atoms with E-state index >= 15 is 0 Å². The zero-order valence-corrected chi connectivity index (χ0v) is 12.4. The standard InChI is InChI=1S/C12H15N5O.2ClH/c13-9(8-1-2-8)7-16-12(18)10-11-15-4-6-17(11)5-3-14-10;;/h3-6,8-9H,1-2,7,13H2,(H,16,18);2*1H.